The van der Waals surface area contributed by atoms with E-state index < -0.39 is 6.10 Å². The lowest BCUT2D eigenvalue weighted by Gasteiger charge is -2.12. The molecule has 0 saturated carbocycles. The fourth-order valence-corrected chi connectivity index (χ4v) is 1.40. The Bertz CT molecular complexity index is 396. The molecule has 17 heavy (non-hydrogen) atoms. The molecule has 92 valence electrons. The summed E-state index contributed by atoms with van der Waals surface area (Å²) in [5, 5.41) is 17.9. The normalized spacial score (nSPS) is 11.6. The van der Waals surface area contributed by atoms with E-state index in [-0.39, 0.29) is 0 Å². The van der Waals surface area contributed by atoms with Crippen molar-refractivity contribution in [2.24, 2.45) is 0 Å². The molecule has 1 atom stereocenters. The van der Waals surface area contributed by atoms with Gasteiger partial charge in [0, 0.05) is 6.42 Å². The third-order valence-electron chi connectivity index (χ3n) is 2.36. The van der Waals surface area contributed by atoms with Gasteiger partial charge in [-0.1, -0.05) is 6.07 Å². The molecule has 1 unspecified atom stereocenters. The van der Waals surface area contributed by atoms with Crippen molar-refractivity contribution in [1.82, 2.24) is 0 Å². The maximum Gasteiger partial charge on any atom is 0.161 e. The second-order valence-corrected chi connectivity index (χ2v) is 3.70. The van der Waals surface area contributed by atoms with Crippen LogP contribution in [-0.2, 0) is 0 Å². The van der Waals surface area contributed by atoms with Gasteiger partial charge in [-0.25, -0.2) is 0 Å². The molecule has 1 aromatic rings. The lowest BCUT2D eigenvalue weighted by atomic mass is 10.1. The topological polar surface area (TPSA) is 62.5 Å². The van der Waals surface area contributed by atoms with Crippen LogP contribution in [0.3, 0.4) is 0 Å². The number of ether oxygens (including phenoxy) is 2. The van der Waals surface area contributed by atoms with Crippen LogP contribution in [0.4, 0.5) is 0 Å². The molecule has 0 fully saturated rings. The van der Waals surface area contributed by atoms with E-state index in [1.54, 1.807) is 32.2 Å². The fraction of sp³-hybridized carbons (Fsp3) is 0.462. The number of nitriles is 1. The maximum atomic E-state index is 9.45. The van der Waals surface area contributed by atoms with Crippen LogP contribution in [0.5, 0.6) is 11.5 Å². The van der Waals surface area contributed by atoms with E-state index in [2.05, 4.69) is 6.07 Å². The third kappa shape index (κ3) is 3.97. The highest BCUT2D eigenvalue weighted by Crippen LogP contribution is 2.30. The molecule has 0 heterocycles. The Labute approximate surface area is 101 Å². The van der Waals surface area contributed by atoms with Gasteiger partial charge >= 0.3 is 0 Å². The molecule has 0 amide bonds. The molecule has 0 aliphatic carbocycles. The van der Waals surface area contributed by atoms with Crippen molar-refractivity contribution in [2.45, 2.75) is 25.9 Å². The number of aliphatic hydroxyl groups is 1. The summed E-state index contributed by atoms with van der Waals surface area (Å²) in [5.74, 6) is 1.23. The van der Waals surface area contributed by atoms with Crippen molar-refractivity contribution >= 4 is 0 Å². The van der Waals surface area contributed by atoms with Crippen LogP contribution in [0.25, 0.3) is 0 Å². The number of hydrogen-bond donors (Lipinski definition) is 1. The number of methoxy groups -OCH3 is 1. The van der Waals surface area contributed by atoms with E-state index in [1.807, 2.05) is 0 Å². The van der Waals surface area contributed by atoms with Crippen molar-refractivity contribution in [3.8, 4) is 17.6 Å². The summed E-state index contributed by atoms with van der Waals surface area (Å²) in [6.07, 6.45) is 0.642. The van der Waals surface area contributed by atoms with E-state index in [0.717, 1.165) is 5.56 Å². The van der Waals surface area contributed by atoms with Gasteiger partial charge in [0.25, 0.3) is 0 Å². The van der Waals surface area contributed by atoms with E-state index in [1.165, 1.54) is 0 Å². The average molecular weight is 235 g/mol. The number of nitrogens with zero attached hydrogens (tertiary/aromatic N) is 1. The quantitative estimate of drug-likeness (QED) is 0.769. The standard InChI is InChI=1S/C13H17NO3/c1-10(15)11-5-6-12(13(9-11)16-2)17-8-4-3-7-14/h5-6,9-10,15H,3-4,8H2,1-2H3. The highest BCUT2D eigenvalue weighted by Gasteiger charge is 2.08. The number of unbranched alkanes of at least 4 members (excludes halogenated alkanes) is 1. The van der Waals surface area contributed by atoms with Crippen LogP contribution >= 0.6 is 0 Å². The van der Waals surface area contributed by atoms with Crippen molar-refractivity contribution in [2.75, 3.05) is 13.7 Å². The monoisotopic (exact) mass is 235 g/mol. The number of aliphatic hydroxyl groups excluding tert-OH is 1. The number of hydrogen-bond acceptors (Lipinski definition) is 4. The summed E-state index contributed by atoms with van der Waals surface area (Å²) < 4.78 is 10.7. The first-order valence-corrected chi connectivity index (χ1v) is 5.54. The van der Waals surface area contributed by atoms with Crippen LogP contribution in [0.15, 0.2) is 18.2 Å². The molecule has 4 heteroatoms. The van der Waals surface area contributed by atoms with Crippen LogP contribution < -0.4 is 9.47 Å². The Kier molecular flexibility index (Phi) is 5.31. The largest absolute Gasteiger partial charge is 0.493 e. The van der Waals surface area contributed by atoms with E-state index >= 15 is 0 Å². The van der Waals surface area contributed by atoms with Gasteiger partial charge in [0.05, 0.1) is 25.9 Å². The van der Waals surface area contributed by atoms with E-state index in [9.17, 15) is 5.11 Å². The average Bonchev–Trinajstić information content (AvgIpc) is 2.34. The highest BCUT2D eigenvalue weighted by molar-refractivity contribution is 5.43. The Hall–Kier alpha value is -1.73. The number of benzene rings is 1. The molecular formula is C13H17NO3. The van der Waals surface area contributed by atoms with Crippen molar-refractivity contribution in [3.63, 3.8) is 0 Å². The fourth-order valence-electron chi connectivity index (χ4n) is 1.40. The van der Waals surface area contributed by atoms with Crippen molar-refractivity contribution in [3.05, 3.63) is 23.8 Å². The van der Waals surface area contributed by atoms with Gasteiger partial charge in [0.15, 0.2) is 11.5 Å². The molecule has 0 aromatic heterocycles. The van der Waals surface area contributed by atoms with Gasteiger partial charge in [0.2, 0.25) is 0 Å². The minimum Gasteiger partial charge on any atom is -0.493 e. The number of rotatable bonds is 6. The van der Waals surface area contributed by atoms with Gasteiger partial charge in [0.1, 0.15) is 0 Å². The minimum absolute atomic E-state index is 0.480. The molecular weight excluding hydrogens is 218 g/mol. The smallest absolute Gasteiger partial charge is 0.161 e. The van der Waals surface area contributed by atoms with Gasteiger partial charge in [-0.15, -0.1) is 0 Å². The zero-order valence-electron chi connectivity index (χ0n) is 10.1. The van der Waals surface area contributed by atoms with E-state index in [4.69, 9.17) is 14.7 Å². The van der Waals surface area contributed by atoms with Gasteiger partial charge in [-0.05, 0) is 31.0 Å². The summed E-state index contributed by atoms with van der Waals surface area (Å²) in [5.41, 5.74) is 0.784. The SMILES string of the molecule is COc1cc(C(C)O)ccc1OCCCC#N. The zero-order chi connectivity index (χ0) is 12.7. The summed E-state index contributed by atoms with van der Waals surface area (Å²) in [4.78, 5) is 0. The summed E-state index contributed by atoms with van der Waals surface area (Å²) >= 11 is 0. The van der Waals surface area contributed by atoms with Gasteiger partial charge in [-0.2, -0.15) is 5.26 Å². The molecule has 1 aromatic carbocycles. The van der Waals surface area contributed by atoms with Crippen LogP contribution in [0, 0.1) is 11.3 Å². The van der Waals surface area contributed by atoms with Crippen LogP contribution in [0.1, 0.15) is 31.4 Å². The van der Waals surface area contributed by atoms with Crippen LogP contribution in [0.2, 0.25) is 0 Å². The predicted octanol–water partition coefficient (Wildman–Crippen LogP) is 2.43. The van der Waals surface area contributed by atoms with E-state index in [0.29, 0.717) is 30.9 Å². The molecule has 4 nitrogen and oxygen atoms in total. The van der Waals surface area contributed by atoms with Gasteiger partial charge in [-0.3, -0.25) is 0 Å². The van der Waals surface area contributed by atoms with Crippen molar-refractivity contribution in [1.29, 1.82) is 5.26 Å². The molecule has 1 N–H and O–H groups in total. The molecule has 0 aliphatic rings. The lowest BCUT2D eigenvalue weighted by Crippen LogP contribution is -2.00. The lowest BCUT2D eigenvalue weighted by molar-refractivity contribution is 0.198. The zero-order valence-corrected chi connectivity index (χ0v) is 10.1. The second-order valence-electron chi connectivity index (χ2n) is 3.70. The Morgan fingerprint density at radius 1 is 1.41 bits per heavy atom. The third-order valence-corrected chi connectivity index (χ3v) is 2.36. The Morgan fingerprint density at radius 3 is 2.76 bits per heavy atom. The summed E-state index contributed by atoms with van der Waals surface area (Å²) in [6.45, 7) is 2.18. The summed E-state index contributed by atoms with van der Waals surface area (Å²) in [6, 6.07) is 7.39. The maximum absolute atomic E-state index is 9.45. The molecule has 0 aliphatic heterocycles. The van der Waals surface area contributed by atoms with Crippen LogP contribution in [-0.4, -0.2) is 18.8 Å². The molecule has 0 bridgehead atoms. The van der Waals surface area contributed by atoms with Gasteiger partial charge < -0.3 is 14.6 Å². The highest BCUT2D eigenvalue weighted by atomic mass is 16.5. The van der Waals surface area contributed by atoms with Crippen molar-refractivity contribution < 1.29 is 14.6 Å². The molecule has 0 radical (unpaired) electrons. The molecule has 0 spiro atoms. The molecule has 0 saturated heterocycles. The second kappa shape index (κ2) is 6.77. The first-order valence-electron chi connectivity index (χ1n) is 5.54. The first kappa shape index (κ1) is 13.3. The molecule has 1 rings (SSSR count). The minimum atomic E-state index is -0.531. The Balaban J connectivity index is 2.69. The summed E-state index contributed by atoms with van der Waals surface area (Å²) in [7, 11) is 1.56. The first-order chi connectivity index (χ1) is 8.19. The Morgan fingerprint density at radius 2 is 2.18 bits per heavy atom. The predicted molar refractivity (Wildman–Crippen MR) is 64.0 cm³/mol.